The van der Waals surface area contributed by atoms with E-state index in [1.165, 1.54) is 19.1 Å². The molecular weight excluding hydrogens is 389 g/mol. The van der Waals surface area contributed by atoms with Crippen molar-refractivity contribution in [1.82, 2.24) is 0 Å². The van der Waals surface area contributed by atoms with Crippen molar-refractivity contribution in [3.05, 3.63) is 52.0 Å². The van der Waals surface area contributed by atoms with E-state index < -0.39 is 16.0 Å². The van der Waals surface area contributed by atoms with Crippen LogP contribution in [0.3, 0.4) is 0 Å². The molecule has 2 N–H and O–H groups in total. The quantitative estimate of drug-likeness (QED) is 0.723. The lowest BCUT2D eigenvalue weighted by Crippen LogP contribution is -2.14. The average Bonchev–Trinajstić information content (AvgIpc) is 2.51. The maximum absolute atomic E-state index is 11.5. The van der Waals surface area contributed by atoms with Crippen LogP contribution < -0.4 is 9.46 Å². The summed E-state index contributed by atoms with van der Waals surface area (Å²) in [5.74, 6) is -0.432. The van der Waals surface area contributed by atoms with E-state index >= 15 is 0 Å². The van der Waals surface area contributed by atoms with Crippen LogP contribution in [0.4, 0.5) is 5.69 Å². The van der Waals surface area contributed by atoms with Crippen molar-refractivity contribution in [2.45, 2.75) is 13.3 Å². The van der Waals surface area contributed by atoms with E-state index in [0.717, 1.165) is 0 Å². The fourth-order valence-electron chi connectivity index (χ4n) is 1.95. The van der Waals surface area contributed by atoms with E-state index in [0.29, 0.717) is 17.0 Å². The van der Waals surface area contributed by atoms with Gasteiger partial charge in [-0.2, -0.15) is 0 Å². The molecule has 0 saturated heterocycles. The highest BCUT2D eigenvalue weighted by Gasteiger charge is 2.13. The van der Waals surface area contributed by atoms with Crippen molar-refractivity contribution >= 4 is 44.9 Å². The third-order valence-corrected chi connectivity index (χ3v) is 5.01. The molecule has 0 heterocycles. The molecule has 134 valence electrons. The monoisotopic (exact) mass is 403 g/mol. The Morgan fingerprint density at radius 2 is 1.72 bits per heavy atom. The summed E-state index contributed by atoms with van der Waals surface area (Å²) in [6.45, 7) is 1.54. The molecule has 0 spiro atoms. The van der Waals surface area contributed by atoms with Crippen LogP contribution in [0, 0.1) is 0 Å². The minimum absolute atomic E-state index is 0.0286. The number of ether oxygens (including phenoxy) is 1. The third-order valence-electron chi connectivity index (χ3n) is 3.14. The number of benzene rings is 2. The molecule has 2 aromatic rings. The molecule has 0 aliphatic carbocycles. The van der Waals surface area contributed by atoms with Gasteiger partial charge in [0.2, 0.25) is 10.0 Å². The maximum atomic E-state index is 11.5. The largest absolute Gasteiger partial charge is 0.481 e. The molecule has 0 saturated carbocycles. The lowest BCUT2D eigenvalue weighted by Gasteiger charge is -2.12. The molecule has 0 radical (unpaired) electrons. The van der Waals surface area contributed by atoms with Crippen molar-refractivity contribution < 1.29 is 23.1 Å². The zero-order valence-electron chi connectivity index (χ0n) is 13.1. The predicted molar refractivity (Wildman–Crippen MR) is 97.4 cm³/mol. The van der Waals surface area contributed by atoms with Crippen molar-refractivity contribution in [3.8, 4) is 11.5 Å². The molecule has 0 aliphatic heterocycles. The lowest BCUT2D eigenvalue weighted by atomic mass is 10.1. The molecule has 0 unspecified atom stereocenters. The molecule has 0 amide bonds. The van der Waals surface area contributed by atoms with Crippen LogP contribution in [0.25, 0.3) is 0 Å². The highest BCUT2D eigenvalue weighted by molar-refractivity contribution is 7.92. The Morgan fingerprint density at radius 3 is 2.20 bits per heavy atom. The molecule has 0 bridgehead atoms. The van der Waals surface area contributed by atoms with Crippen molar-refractivity contribution in [3.63, 3.8) is 0 Å². The smallest absolute Gasteiger partial charge is 0.307 e. The van der Waals surface area contributed by atoms with Crippen LogP contribution in [0.15, 0.2) is 36.4 Å². The van der Waals surface area contributed by atoms with E-state index in [1.807, 2.05) is 0 Å². The van der Waals surface area contributed by atoms with Crippen LogP contribution in [-0.4, -0.2) is 25.2 Å². The fourth-order valence-corrected chi connectivity index (χ4v) is 3.20. The first-order valence-electron chi connectivity index (χ1n) is 7.18. The Kier molecular flexibility index (Phi) is 6.16. The number of halogens is 2. The lowest BCUT2D eigenvalue weighted by molar-refractivity contribution is -0.136. The number of aliphatic carboxylic acids is 1. The van der Waals surface area contributed by atoms with Gasteiger partial charge in [-0.05, 0) is 48.9 Å². The topological polar surface area (TPSA) is 92.7 Å². The van der Waals surface area contributed by atoms with Crippen LogP contribution in [0.2, 0.25) is 10.0 Å². The Bertz CT molecular complexity index is 859. The second-order valence-electron chi connectivity index (χ2n) is 5.09. The predicted octanol–water partition coefficient (Wildman–Crippen LogP) is 4.17. The van der Waals surface area contributed by atoms with Crippen molar-refractivity contribution in [1.29, 1.82) is 0 Å². The first-order chi connectivity index (χ1) is 11.7. The Labute approximate surface area is 155 Å². The van der Waals surface area contributed by atoms with Gasteiger partial charge in [-0.1, -0.05) is 23.2 Å². The van der Waals surface area contributed by atoms with Gasteiger partial charge < -0.3 is 9.84 Å². The summed E-state index contributed by atoms with van der Waals surface area (Å²) in [4.78, 5) is 10.8. The van der Waals surface area contributed by atoms with Gasteiger partial charge in [-0.25, -0.2) is 8.42 Å². The van der Waals surface area contributed by atoms with E-state index in [9.17, 15) is 13.2 Å². The summed E-state index contributed by atoms with van der Waals surface area (Å²) in [7, 11) is -3.35. The van der Waals surface area contributed by atoms with Gasteiger partial charge in [0, 0.05) is 5.69 Å². The summed E-state index contributed by atoms with van der Waals surface area (Å²) in [6.07, 6.45) is -0.202. The number of carbonyl (C=O) groups is 1. The van der Waals surface area contributed by atoms with Gasteiger partial charge in [0.05, 0.1) is 22.2 Å². The molecule has 2 aromatic carbocycles. The number of sulfonamides is 1. The number of carboxylic acid groups (broad SMARTS) is 1. The third kappa shape index (κ3) is 5.52. The van der Waals surface area contributed by atoms with Gasteiger partial charge in [0.15, 0.2) is 5.75 Å². The molecule has 0 fully saturated rings. The van der Waals surface area contributed by atoms with Gasteiger partial charge in [-0.3, -0.25) is 9.52 Å². The van der Waals surface area contributed by atoms with Crippen molar-refractivity contribution in [2.24, 2.45) is 0 Å². The number of carboxylic acids is 1. The number of hydrogen-bond acceptors (Lipinski definition) is 4. The molecule has 9 heteroatoms. The Hall–Kier alpha value is -1.96. The Balaban J connectivity index is 2.18. The van der Waals surface area contributed by atoms with Crippen LogP contribution in [0.5, 0.6) is 11.5 Å². The first-order valence-corrected chi connectivity index (χ1v) is 9.59. The molecule has 6 nitrogen and oxygen atoms in total. The normalized spacial score (nSPS) is 11.2. The second-order valence-corrected chi connectivity index (χ2v) is 7.92. The zero-order chi connectivity index (χ0) is 18.6. The average molecular weight is 404 g/mol. The van der Waals surface area contributed by atoms with E-state index in [2.05, 4.69) is 4.72 Å². The van der Waals surface area contributed by atoms with Crippen molar-refractivity contribution in [2.75, 3.05) is 10.5 Å². The van der Waals surface area contributed by atoms with Crippen LogP contribution in [-0.2, 0) is 21.2 Å². The van der Waals surface area contributed by atoms with E-state index in [-0.39, 0.29) is 28.0 Å². The molecule has 0 aliphatic rings. The van der Waals surface area contributed by atoms with E-state index in [1.54, 1.807) is 24.3 Å². The summed E-state index contributed by atoms with van der Waals surface area (Å²) >= 11 is 12.2. The molecule has 0 atom stereocenters. The number of nitrogens with one attached hydrogen (secondary N) is 1. The zero-order valence-corrected chi connectivity index (χ0v) is 15.5. The molecule has 25 heavy (non-hydrogen) atoms. The van der Waals surface area contributed by atoms with Gasteiger partial charge in [-0.15, -0.1) is 0 Å². The van der Waals surface area contributed by atoms with Gasteiger partial charge in [0.1, 0.15) is 5.75 Å². The van der Waals surface area contributed by atoms with Crippen LogP contribution in [0.1, 0.15) is 12.5 Å². The van der Waals surface area contributed by atoms with Gasteiger partial charge >= 0.3 is 5.97 Å². The van der Waals surface area contributed by atoms with Gasteiger partial charge in [0.25, 0.3) is 0 Å². The first kappa shape index (κ1) is 19.4. The number of rotatable bonds is 7. The maximum Gasteiger partial charge on any atom is 0.307 e. The fraction of sp³-hybridized carbons (Fsp3) is 0.188. The minimum atomic E-state index is -3.35. The van der Waals surface area contributed by atoms with E-state index in [4.69, 9.17) is 33.0 Å². The highest BCUT2D eigenvalue weighted by atomic mass is 35.5. The molecular formula is C16H15Cl2NO5S. The standard InChI is InChI=1S/C16H15Cl2NO5S/c1-2-25(22,23)19-11-3-5-12(6-4-11)24-16-13(17)7-10(8-14(16)18)9-15(20)21/h3-8,19H,2,9H2,1H3,(H,20,21). The number of hydrogen-bond donors (Lipinski definition) is 2. The Morgan fingerprint density at radius 1 is 1.16 bits per heavy atom. The summed E-state index contributed by atoms with van der Waals surface area (Å²) < 4.78 is 31.1. The summed E-state index contributed by atoms with van der Waals surface area (Å²) in [5.41, 5.74) is 0.863. The minimum Gasteiger partial charge on any atom is -0.481 e. The summed E-state index contributed by atoms with van der Waals surface area (Å²) in [5, 5.41) is 9.17. The van der Waals surface area contributed by atoms with Crippen LogP contribution >= 0.6 is 23.2 Å². The summed E-state index contributed by atoms with van der Waals surface area (Å²) in [6, 6.07) is 9.16. The number of anilines is 1. The highest BCUT2D eigenvalue weighted by Crippen LogP contribution is 2.37. The SMILES string of the molecule is CCS(=O)(=O)Nc1ccc(Oc2c(Cl)cc(CC(=O)O)cc2Cl)cc1. The molecule has 2 rings (SSSR count). The molecule has 0 aromatic heterocycles. The second kappa shape index (κ2) is 7.95.